The van der Waals surface area contributed by atoms with Crippen LogP contribution in [-0.4, -0.2) is 68.0 Å². The molecule has 9 heteroatoms. The van der Waals surface area contributed by atoms with Crippen LogP contribution in [0.2, 0.25) is 0 Å². The summed E-state index contributed by atoms with van der Waals surface area (Å²) in [5, 5.41) is 19.6. The van der Waals surface area contributed by atoms with Crippen molar-refractivity contribution in [1.29, 1.82) is 0 Å². The van der Waals surface area contributed by atoms with E-state index in [1.54, 1.807) is 0 Å². The fourth-order valence-corrected chi connectivity index (χ4v) is 3.04. The molecule has 98 valence electrons. The van der Waals surface area contributed by atoms with Gasteiger partial charge in [0.05, 0.1) is 6.26 Å². The average molecular weight is 268 g/mol. The molecule has 3 aliphatic heterocycles. The first kappa shape index (κ1) is 11.8. The highest BCUT2D eigenvalue weighted by Gasteiger charge is 2.62. The van der Waals surface area contributed by atoms with Crippen LogP contribution in [0.5, 0.6) is 0 Å². The van der Waals surface area contributed by atoms with Crippen LogP contribution < -0.4 is 0 Å². The number of hydrogen-bond acceptors (Lipinski definition) is 8. The van der Waals surface area contributed by atoms with Crippen LogP contribution in [0, 0.1) is 0 Å². The molecule has 0 aromatic carbocycles. The molecule has 0 radical (unpaired) electrons. The molecule has 7 atom stereocenters. The van der Waals surface area contributed by atoms with Crippen LogP contribution in [0.15, 0.2) is 0 Å². The lowest BCUT2D eigenvalue weighted by Crippen LogP contribution is -2.75. The van der Waals surface area contributed by atoms with Gasteiger partial charge in [0.15, 0.2) is 0 Å². The molecular formula is C8H12O8S. The van der Waals surface area contributed by atoms with E-state index in [0.29, 0.717) is 0 Å². The Labute approximate surface area is 97.2 Å². The van der Waals surface area contributed by atoms with E-state index in [0.717, 1.165) is 6.26 Å². The zero-order chi connectivity index (χ0) is 12.4. The highest BCUT2D eigenvalue weighted by molar-refractivity contribution is 7.86. The zero-order valence-electron chi connectivity index (χ0n) is 8.79. The third-order valence-corrected chi connectivity index (χ3v) is 3.66. The smallest absolute Gasteiger partial charge is 0.272 e. The van der Waals surface area contributed by atoms with E-state index in [-0.39, 0.29) is 0 Å². The predicted octanol–water partition coefficient (Wildman–Crippen LogP) is -2.47. The molecular weight excluding hydrogens is 256 g/mol. The first-order valence-corrected chi connectivity index (χ1v) is 6.89. The molecule has 0 aromatic heterocycles. The first-order valence-electron chi connectivity index (χ1n) is 5.07. The van der Waals surface area contributed by atoms with Gasteiger partial charge in [-0.3, -0.25) is 4.18 Å². The first-order chi connectivity index (χ1) is 7.87. The summed E-state index contributed by atoms with van der Waals surface area (Å²) in [7, 11) is -3.74. The molecule has 3 unspecified atom stereocenters. The van der Waals surface area contributed by atoms with Gasteiger partial charge in [-0.25, -0.2) is 0 Å². The van der Waals surface area contributed by atoms with E-state index in [4.69, 9.17) is 18.4 Å². The molecule has 17 heavy (non-hydrogen) atoms. The minimum Gasteiger partial charge on any atom is -0.387 e. The fraction of sp³-hybridized carbons (Fsp3) is 1.00. The maximum atomic E-state index is 11.1. The Balaban J connectivity index is 1.90. The van der Waals surface area contributed by atoms with Gasteiger partial charge in [0.2, 0.25) is 0 Å². The lowest BCUT2D eigenvalue weighted by atomic mass is 9.83. The number of rotatable bonds is 2. The second kappa shape index (κ2) is 3.60. The van der Waals surface area contributed by atoms with Crippen molar-refractivity contribution in [3.8, 4) is 0 Å². The van der Waals surface area contributed by atoms with Crippen molar-refractivity contribution in [2.75, 3.05) is 6.26 Å². The van der Waals surface area contributed by atoms with Gasteiger partial charge in [-0.1, -0.05) is 0 Å². The summed E-state index contributed by atoms with van der Waals surface area (Å²) in [6, 6.07) is 0. The lowest BCUT2D eigenvalue weighted by Gasteiger charge is -2.56. The van der Waals surface area contributed by atoms with E-state index in [1.165, 1.54) is 0 Å². The summed E-state index contributed by atoms with van der Waals surface area (Å²) in [4.78, 5) is 0. The number of aliphatic hydroxyl groups excluding tert-OH is 2. The number of ether oxygens (including phenoxy) is 3. The molecule has 8 nitrogen and oxygen atoms in total. The Morgan fingerprint density at radius 3 is 1.94 bits per heavy atom. The number of hydrogen-bond donors (Lipinski definition) is 2. The Kier molecular flexibility index (Phi) is 2.50. The average Bonchev–Trinajstić information content (AvgIpc) is 2.21. The van der Waals surface area contributed by atoms with E-state index < -0.39 is 53.2 Å². The Hall–Kier alpha value is -0.290. The molecule has 0 spiro atoms. The van der Waals surface area contributed by atoms with Gasteiger partial charge < -0.3 is 24.4 Å². The van der Waals surface area contributed by atoms with Gasteiger partial charge in [-0.2, -0.15) is 8.42 Å². The maximum absolute atomic E-state index is 11.1. The molecule has 4 rings (SSSR count). The van der Waals surface area contributed by atoms with Crippen molar-refractivity contribution < 1.29 is 37.0 Å². The largest absolute Gasteiger partial charge is 0.387 e. The summed E-state index contributed by atoms with van der Waals surface area (Å²) < 4.78 is 42.4. The third-order valence-electron chi connectivity index (χ3n) is 3.08. The minimum absolute atomic E-state index is 0.836. The van der Waals surface area contributed by atoms with E-state index in [1.807, 2.05) is 0 Å². The van der Waals surface area contributed by atoms with Gasteiger partial charge in [-0.15, -0.1) is 0 Å². The zero-order valence-corrected chi connectivity index (χ0v) is 9.61. The van der Waals surface area contributed by atoms with Crippen LogP contribution in [-0.2, 0) is 28.5 Å². The molecule has 1 saturated carbocycles. The standard InChI is InChI=1S/C8H12O8S/c1-17(11,12)16-7-5-2(9)4-3(10)6(7)15-8(13-4)14-5/h2-10H,1H3/t2-,3-,4?,5-,6+,7?,8?/m0/s1. The molecule has 4 aliphatic rings. The van der Waals surface area contributed by atoms with Crippen molar-refractivity contribution in [1.82, 2.24) is 0 Å². The van der Waals surface area contributed by atoms with Gasteiger partial charge in [-0.05, 0) is 0 Å². The molecule has 0 amide bonds. The Bertz CT molecular complexity index is 401. The van der Waals surface area contributed by atoms with Gasteiger partial charge in [0.1, 0.15) is 36.6 Å². The summed E-state index contributed by atoms with van der Waals surface area (Å²) in [6.45, 7) is -0.985. The van der Waals surface area contributed by atoms with E-state index in [9.17, 15) is 18.6 Å². The second-order valence-electron chi connectivity index (χ2n) is 4.34. The van der Waals surface area contributed by atoms with Crippen molar-refractivity contribution >= 4 is 10.1 Å². The van der Waals surface area contributed by atoms with E-state index in [2.05, 4.69) is 0 Å². The maximum Gasteiger partial charge on any atom is 0.272 e. The topological polar surface area (TPSA) is 112 Å². The normalized spacial score (nSPS) is 53.0. The summed E-state index contributed by atoms with van der Waals surface area (Å²) >= 11 is 0. The van der Waals surface area contributed by atoms with Crippen molar-refractivity contribution in [3.63, 3.8) is 0 Å². The summed E-state index contributed by atoms with van der Waals surface area (Å²) in [5.41, 5.74) is 0. The fourth-order valence-electron chi connectivity index (χ4n) is 2.42. The van der Waals surface area contributed by atoms with Crippen LogP contribution in [0.3, 0.4) is 0 Å². The molecule has 4 bridgehead atoms. The second-order valence-corrected chi connectivity index (χ2v) is 5.94. The van der Waals surface area contributed by atoms with Crippen molar-refractivity contribution in [2.45, 2.75) is 43.1 Å². The molecule has 1 aliphatic carbocycles. The van der Waals surface area contributed by atoms with Crippen molar-refractivity contribution in [2.24, 2.45) is 0 Å². The lowest BCUT2D eigenvalue weighted by molar-refractivity contribution is -0.478. The van der Waals surface area contributed by atoms with Crippen LogP contribution >= 0.6 is 0 Å². The van der Waals surface area contributed by atoms with Crippen LogP contribution in [0.25, 0.3) is 0 Å². The monoisotopic (exact) mass is 268 g/mol. The summed E-state index contributed by atoms with van der Waals surface area (Å²) in [5.74, 6) is 0. The van der Waals surface area contributed by atoms with Crippen LogP contribution in [0.4, 0.5) is 0 Å². The minimum atomic E-state index is -3.74. The highest BCUT2D eigenvalue weighted by atomic mass is 32.2. The van der Waals surface area contributed by atoms with E-state index >= 15 is 0 Å². The Morgan fingerprint density at radius 2 is 1.47 bits per heavy atom. The van der Waals surface area contributed by atoms with Gasteiger partial charge in [0, 0.05) is 0 Å². The summed E-state index contributed by atoms with van der Waals surface area (Å²) in [6.07, 6.45) is -5.07. The van der Waals surface area contributed by atoms with Crippen LogP contribution in [0.1, 0.15) is 0 Å². The number of aliphatic hydroxyl groups is 2. The predicted molar refractivity (Wildman–Crippen MR) is 50.1 cm³/mol. The molecule has 3 saturated heterocycles. The third kappa shape index (κ3) is 1.78. The quantitative estimate of drug-likeness (QED) is 0.530. The van der Waals surface area contributed by atoms with Gasteiger partial charge >= 0.3 is 0 Å². The van der Waals surface area contributed by atoms with Gasteiger partial charge in [0.25, 0.3) is 16.6 Å². The SMILES string of the molecule is CS(=O)(=O)OC1[C@H]2OC3OC([C@@H]2O)[C@H](O)[C@H]1O3. The molecule has 3 heterocycles. The Morgan fingerprint density at radius 1 is 1.00 bits per heavy atom. The molecule has 0 aromatic rings. The molecule has 2 N–H and O–H groups in total. The highest BCUT2D eigenvalue weighted by Crippen LogP contribution is 2.41. The molecule has 4 fully saturated rings. The van der Waals surface area contributed by atoms with Crippen molar-refractivity contribution in [3.05, 3.63) is 0 Å².